The smallest absolute Gasteiger partial charge is 0.259 e. The van der Waals surface area contributed by atoms with Crippen LogP contribution in [0.25, 0.3) is 0 Å². The number of aromatic nitrogens is 1. The highest BCUT2D eigenvalue weighted by Gasteiger charge is 2.36. The van der Waals surface area contributed by atoms with Gasteiger partial charge in [0, 0.05) is 11.8 Å². The first-order chi connectivity index (χ1) is 17.5. The van der Waals surface area contributed by atoms with Crippen molar-refractivity contribution in [1.82, 2.24) is 4.57 Å². The number of allylic oxidation sites excluding steroid dienone is 1. The Morgan fingerprint density at radius 2 is 1.83 bits per heavy atom. The molecular formula is C26H21N3O7. The summed E-state index contributed by atoms with van der Waals surface area (Å²) >= 11 is 0. The Kier molecular flexibility index (Phi) is 4.93. The van der Waals surface area contributed by atoms with E-state index in [1.165, 1.54) is 7.11 Å². The van der Waals surface area contributed by atoms with Crippen LogP contribution >= 0.6 is 0 Å². The van der Waals surface area contributed by atoms with E-state index in [-0.39, 0.29) is 37.1 Å². The lowest BCUT2D eigenvalue weighted by atomic mass is 9.83. The summed E-state index contributed by atoms with van der Waals surface area (Å²) in [6, 6.07) is 12.9. The van der Waals surface area contributed by atoms with Gasteiger partial charge in [0.1, 0.15) is 17.4 Å². The molecule has 0 amide bonds. The number of nitrogens with zero attached hydrogens (tertiary/aromatic N) is 2. The van der Waals surface area contributed by atoms with Crippen molar-refractivity contribution in [2.45, 2.75) is 19.4 Å². The first-order valence-corrected chi connectivity index (χ1v) is 11.2. The van der Waals surface area contributed by atoms with Gasteiger partial charge in [0.05, 0.1) is 25.1 Å². The van der Waals surface area contributed by atoms with Gasteiger partial charge in [0.2, 0.25) is 25.2 Å². The van der Waals surface area contributed by atoms with Crippen LogP contribution in [0.2, 0.25) is 0 Å². The molecule has 0 bridgehead atoms. The zero-order valence-electron chi connectivity index (χ0n) is 19.5. The summed E-state index contributed by atoms with van der Waals surface area (Å²) in [6.07, 6.45) is 0. The minimum Gasteiger partial charge on any atom is -0.493 e. The molecule has 2 aromatic carbocycles. The van der Waals surface area contributed by atoms with Gasteiger partial charge in [-0.2, -0.15) is 5.26 Å². The molecule has 0 saturated heterocycles. The van der Waals surface area contributed by atoms with E-state index in [4.69, 9.17) is 34.2 Å². The molecule has 0 aliphatic carbocycles. The Hall–Kier alpha value is -4.78. The van der Waals surface area contributed by atoms with E-state index in [0.29, 0.717) is 51.3 Å². The summed E-state index contributed by atoms with van der Waals surface area (Å²) in [6.45, 7) is 2.31. The van der Waals surface area contributed by atoms with Crippen LogP contribution < -0.4 is 39.7 Å². The number of nitrogens with two attached hydrogens (primary N) is 1. The topological polar surface area (TPSA) is 127 Å². The second-order valence-corrected chi connectivity index (χ2v) is 8.52. The molecule has 182 valence electrons. The average Bonchev–Trinajstić information content (AvgIpc) is 3.54. The van der Waals surface area contributed by atoms with Gasteiger partial charge in [-0.25, -0.2) is 0 Å². The van der Waals surface area contributed by atoms with Crippen molar-refractivity contribution in [3.05, 3.63) is 80.6 Å². The van der Waals surface area contributed by atoms with Crippen molar-refractivity contribution in [3.63, 3.8) is 0 Å². The zero-order chi connectivity index (χ0) is 25.0. The molecule has 0 radical (unpaired) electrons. The van der Waals surface area contributed by atoms with E-state index in [1.807, 2.05) is 25.1 Å². The molecule has 3 aliphatic rings. The molecule has 1 aromatic heterocycles. The predicted octanol–water partition coefficient (Wildman–Crippen LogP) is 2.89. The summed E-state index contributed by atoms with van der Waals surface area (Å²) in [5.74, 6) is 2.10. The van der Waals surface area contributed by atoms with Crippen molar-refractivity contribution in [1.29, 1.82) is 5.26 Å². The molecule has 3 aliphatic heterocycles. The Morgan fingerprint density at radius 1 is 1.06 bits per heavy atom. The summed E-state index contributed by atoms with van der Waals surface area (Å²) < 4.78 is 34.8. The number of rotatable bonds is 4. The molecule has 2 N–H and O–H groups in total. The maximum Gasteiger partial charge on any atom is 0.259 e. The number of ether oxygens (including phenoxy) is 6. The van der Waals surface area contributed by atoms with Crippen molar-refractivity contribution in [3.8, 4) is 40.6 Å². The Bertz CT molecular complexity index is 1550. The predicted molar refractivity (Wildman–Crippen MR) is 126 cm³/mol. The zero-order valence-corrected chi connectivity index (χ0v) is 19.5. The van der Waals surface area contributed by atoms with Crippen LogP contribution in [0.5, 0.6) is 34.5 Å². The van der Waals surface area contributed by atoms with Crippen LogP contribution in [0.1, 0.15) is 28.3 Å². The fraction of sp³-hybridized carbons (Fsp3) is 0.231. The maximum absolute atomic E-state index is 14.0. The lowest BCUT2D eigenvalue weighted by Crippen LogP contribution is -2.33. The molecular weight excluding hydrogens is 466 g/mol. The molecule has 10 nitrogen and oxygen atoms in total. The Balaban J connectivity index is 1.51. The van der Waals surface area contributed by atoms with Crippen molar-refractivity contribution in [2.24, 2.45) is 5.73 Å². The van der Waals surface area contributed by atoms with Crippen LogP contribution in [0, 0.1) is 18.3 Å². The number of fused-ring (bicyclic) bond motifs is 3. The summed E-state index contributed by atoms with van der Waals surface area (Å²) in [4.78, 5) is 14.0. The van der Waals surface area contributed by atoms with Gasteiger partial charge in [0.15, 0.2) is 23.0 Å². The molecule has 36 heavy (non-hydrogen) atoms. The SMILES string of the molecule is COc1cc(C2C(C#N)=C(N)Oc3cc(C)n(Cc4ccc5c(c4)OCO5)c(=O)c32)cc2c1OCO2. The van der Waals surface area contributed by atoms with Crippen LogP contribution in [0.15, 0.2) is 52.6 Å². The largest absolute Gasteiger partial charge is 0.493 e. The van der Waals surface area contributed by atoms with Gasteiger partial charge >= 0.3 is 0 Å². The molecule has 10 heteroatoms. The van der Waals surface area contributed by atoms with Crippen LogP contribution in [-0.2, 0) is 6.54 Å². The van der Waals surface area contributed by atoms with E-state index in [1.54, 1.807) is 22.8 Å². The van der Waals surface area contributed by atoms with E-state index in [2.05, 4.69) is 6.07 Å². The number of hydrogen-bond acceptors (Lipinski definition) is 9. The molecule has 1 unspecified atom stereocenters. The van der Waals surface area contributed by atoms with Crippen LogP contribution in [-0.4, -0.2) is 25.3 Å². The van der Waals surface area contributed by atoms with Gasteiger partial charge in [-0.3, -0.25) is 4.79 Å². The lowest BCUT2D eigenvalue weighted by Gasteiger charge is -2.27. The minimum absolute atomic E-state index is 0.0458. The van der Waals surface area contributed by atoms with E-state index in [0.717, 1.165) is 5.56 Å². The average molecular weight is 487 g/mol. The Morgan fingerprint density at radius 3 is 2.64 bits per heavy atom. The normalized spacial score (nSPS) is 16.9. The molecule has 4 heterocycles. The lowest BCUT2D eigenvalue weighted by molar-refractivity contribution is 0.171. The van der Waals surface area contributed by atoms with Crippen molar-refractivity contribution >= 4 is 0 Å². The van der Waals surface area contributed by atoms with Gasteiger partial charge in [-0.05, 0) is 42.3 Å². The highest BCUT2D eigenvalue weighted by molar-refractivity contribution is 5.61. The number of hydrogen-bond donors (Lipinski definition) is 1. The van der Waals surface area contributed by atoms with Crippen LogP contribution in [0.4, 0.5) is 0 Å². The van der Waals surface area contributed by atoms with Gasteiger partial charge < -0.3 is 38.7 Å². The number of benzene rings is 2. The second-order valence-electron chi connectivity index (χ2n) is 8.52. The standard InChI is InChI=1S/C26H21N3O7/c1-13-5-19-23(26(30)29(13)10-14-3-4-17-18(6-14)33-11-32-17)22(16(9-27)25(28)36-19)15-7-20(31-2)24-21(8-15)34-12-35-24/h3-8,22H,10-12,28H2,1-2H3. The van der Waals surface area contributed by atoms with Crippen LogP contribution in [0.3, 0.4) is 0 Å². The first kappa shape index (κ1) is 21.7. The van der Waals surface area contributed by atoms with E-state index < -0.39 is 5.92 Å². The van der Waals surface area contributed by atoms with Gasteiger partial charge in [-0.15, -0.1) is 0 Å². The molecule has 0 saturated carbocycles. The summed E-state index contributed by atoms with van der Waals surface area (Å²) in [5.41, 5.74) is 8.39. The maximum atomic E-state index is 14.0. The highest BCUT2D eigenvalue weighted by Crippen LogP contribution is 2.47. The number of methoxy groups -OCH3 is 1. The van der Waals surface area contributed by atoms with Gasteiger partial charge in [0.25, 0.3) is 5.56 Å². The Labute approximate surface area is 205 Å². The fourth-order valence-electron chi connectivity index (χ4n) is 4.75. The number of pyridine rings is 1. The van der Waals surface area contributed by atoms with Crippen molar-refractivity contribution in [2.75, 3.05) is 20.7 Å². The third-order valence-corrected chi connectivity index (χ3v) is 6.48. The first-order valence-electron chi connectivity index (χ1n) is 11.2. The molecule has 1 atom stereocenters. The fourth-order valence-corrected chi connectivity index (χ4v) is 4.75. The monoisotopic (exact) mass is 487 g/mol. The number of nitriles is 1. The summed E-state index contributed by atoms with van der Waals surface area (Å²) in [7, 11) is 1.51. The minimum atomic E-state index is -0.793. The van der Waals surface area contributed by atoms with Gasteiger partial charge in [-0.1, -0.05) is 6.07 Å². The van der Waals surface area contributed by atoms with E-state index in [9.17, 15) is 10.1 Å². The second kappa shape index (κ2) is 8.16. The summed E-state index contributed by atoms with van der Waals surface area (Å²) in [5, 5.41) is 9.99. The molecule has 0 spiro atoms. The quantitative estimate of drug-likeness (QED) is 0.591. The van der Waals surface area contributed by atoms with E-state index >= 15 is 0 Å². The molecule has 3 aromatic rings. The van der Waals surface area contributed by atoms with Crippen molar-refractivity contribution < 1.29 is 28.4 Å². The third kappa shape index (κ3) is 3.28. The third-order valence-electron chi connectivity index (χ3n) is 6.48. The molecule has 6 rings (SSSR count). The number of aryl methyl sites for hydroxylation is 1. The molecule has 0 fully saturated rings. The highest BCUT2D eigenvalue weighted by atomic mass is 16.7.